The number of aromatic nitrogens is 1. The number of halogens is 1. The van der Waals surface area contributed by atoms with Crippen molar-refractivity contribution in [3.05, 3.63) is 63.9 Å². The Morgan fingerprint density at radius 3 is 2.67 bits per heavy atom. The van der Waals surface area contributed by atoms with E-state index in [1.165, 1.54) is 11.1 Å². The van der Waals surface area contributed by atoms with Gasteiger partial charge in [-0.2, -0.15) is 0 Å². The summed E-state index contributed by atoms with van der Waals surface area (Å²) in [5, 5.41) is 3.48. The number of hydrogen-bond acceptors (Lipinski definition) is 2. The molecule has 0 aliphatic heterocycles. The zero-order valence-corrected chi connectivity index (χ0v) is 12.2. The molecule has 94 valence electrons. The topological polar surface area (TPSA) is 24.9 Å². The van der Waals surface area contributed by atoms with Gasteiger partial charge in [0.15, 0.2) is 0 Å². The van der Waals surface area contributed by atoms with E-state index >= 15 is 0 Å². The van der Waals surface area contributed by atoms with Crippen molar-refractivity contribution in [2.45, 2.75) is 26.4 Å². The standard InChI is InChI=1S/C15H17BrN2/c1-11-7-8-13(18-9-11)10-17-12(2)14-5-3-4-6-15(14)16/h3-9,12,17H,10H2,1-2H3/t12-/m0/s1. The molecule has 0 saturated carbocycles. The molecule has 0 saturated heterocycles. The van der Waals surface area contributed by atoms with Crippen LogP contribution in [0, 0.1) is 6.92 Å². The van der Waals surface area contributed by atoms with E-state index in [1.807, 2.05) is 19.2 Å². The zero-order valence-electron chi connectivity index (χ0n) is 10.7. The highest BCUT2D eigenvalue weighted by Crippen LogP contribution is 2.22. The van der Waals surface area contributed by atoms with E-state index < -0.39 is 0 Å². The Labute approximate surface area is 117 Å². The van der Waals surface area contributed by atoms with Crippen LogP contribution in [0.4, 0.5) is 0 Å². The van der Waals surface area contributed by atoms with Gasteiger partial charge in [-0.15, -0.1) is 0 Å². The van der Waals surface area contributed by atoms with Gasteiger partial charge in [-0.3, -0.25) is 4.98 Å². The number of hydrogen-bond donors (Lipinski definition) is 1. The van der Waals surface area contributed by atoms with Crippen LogP contribution >= 0.6 is 15.9 Å². The van der Waals surface area contributed by atoms with Gasteiger partial charge < -0.3 is 5.32 Å². The summed E-state index contributed by atoms with van der Waals surface area (Å²) in [5.41, 5.74) is 3.53. The molecule has 1 atom stereocenters. The van der Waals surface area contributed by atoms with Gasteiger partial charge in [0.2, 0.25) is 0 Å². The third kappa shape index (κ3) is 3.40. The van der Waals surface area contributed by atoms with E-state index in [-0.39, 0.29) is 0 Å². The minimum absolute atomic E-state index is 0.295. The summed E-state index contributed by atoms with van der Waals surface area (Å²) < 4.78 is 1.14. The minimum Gasteiger partial charge on any atom is -0.305 e. The fourth-order valence-corrected chi connectivity index (χ4v) is 2.43. The van der Waals surface area contributed by atoms with Crippen LogP contribution < -0.4 is 5.32 Å². The third-order valence-electron chi connectivity index (χ3n) is 2.93. The minimum atomic E-state index is 0.295. The maximum absolute atomic E-state index is 4.39. The molecule has 1 aromatic heterocycles. The van der Waals surface area contributed by atoms with Gasteiger partial charge in [0, 0.05) is 23.3 Å². The molecule has 0 amide bonds. The molecule has 18 heavy (non-hydrogen) atoms. The molecule has 0 radical (unpaired) electrons. The summed E-state index contributed by atoms with van der Waals surface area (Å²) in [5.74, 6) is 0. The van der Waals surface area contributed by atoms with Gasteiger partial charge in [0.25, 0.3) is 0 Å². The smallest absolute Gasteiger partial charge is 0.0542 e. The molecule has 0 bridgehead atoms. The van der Waals surface area contributed by atoms with Crippen LogP contribution in [0.25, 0.3) is 0 Å². The summed E-state index contributed by atoms with van der Waals surface area (Å²) >= 11 is 3.58. The van der Waals surface area contributed by atoms with Crippen LogP contribution in [0.15, 0.2) is 47.1 Å². The lowest BCUT2D eigenvalue weighted by molar-refractivity contribution is 0.566. The summed E-state index contributed by atoms with van der Waals surface area (Å²) in [7, 11) is 0. The second-order valence-electron chi connectivity index (χ2n) is 4.45. The number of pyridine rings is 1. The van der Waals surface area contributed by atoms with Crippen LogP contribution in [0.1, 0.15) is 29.8 Å². The first-order chi connectivity index (χ1) is 8.66. The molecule has 3 heteroatoms. The Morgan fingerprint density at radius 1 is 1.22 bits per heavy atom. The van der Waals surface area contributed by atoms with Crippen molar-refractivity contribution < 1.29 is 0 Å². The molecule has 2 aromatic rings. The van der Waals surface area contributed by atoms with Crippen molar-refractivity contribution in [1.29, 1.82) is 0 Å². The summed E-state index contributed by atoms with van der Waals surface area (Å²) in [4.78, 5) is 4.39. The highest BCUT2D eigenvalue weighted by molar-refractivity contribution is 9.10. The second kappa shape index (κ2) is 6.12. The van der Waals surface area contributed by atoms with Crippen LogP contribution in [0.5, 0.6) is 0 Å². The van der Waals surface area contributed by atoms with Crippen molar-refractivity contribution in [1.82, 2.24) is 10.3 Å². The summed E-state index contributed by atoms with van der Waals surface area (Å²) in [6.45, 7) is 4.99. The van der Waals surface area contributed by atoms with Gasteiger partial charge in [-0.25, -0.2) is 0 Å². The summed E-state index contributed by atoms with van der Waals surface area (Å²) in [6, 6.07) is 12.7. The first kappa shape index (κ1) is 13.2. The van der Waals surface area contributed by atoms with Crippen LogP contribution in [0.3, 0.4) is 0 Å². The maximum atomic E-state index is 4.39. The monoisotopic (exact) mass is 304 g/mol. The fraction of sp³-hybridized carbons (Fsp3) is 0.267. The Kier molecular flexibility index (Phi) is 4.50. The van der Waals surface area contributed by atoms with E-state index in [0.717, 1.165) is 16.7 Å². The highest BCUT2D eigenvalue weighted by atomic mass is 79.9. The average molecular weight is 305 g/mol. The lowest BCUT2D eigenvalue weighted by atomic mass is 10.1. The van der Waals surface area contributed by atoms with Crippen molar-refractivity contribution >= 4 is 15.9 Å². The van der Waals surface area contributed by atoms with Crippen LogP contribution in [-0.2, 0) is 6.54 Å². The van der Waals surface area contributed by atoms with E-state index in [9.17, 15) is 0 Å². The molecule has 2 rings (SSSR count). The second-order valence-corrected chi connectivity index (χ2v) is 5.31. The normalized spacial score (nSPS) is 12.4. The van der Waals surface area contributed by atoms with E-state index in [0.29, 0.717) is 6.04 Å². The number of aryl methyl sites for hydroxylation is 1. The largest absolute Gasteiger partial charge is 0.305 e. The summed E-state index contributed by atoms with van der Waals surface area (Å²) in [6.07, 6.45) is 1.90. The lowest BCUT2D eigenvalue weighted by Gasteiger charge is -2.15. The van der Waals surface area contributed by atoms with Crippen molar-refractivity contribution in [2.24, 2.45) is 0 Å². The lowest BCUT2D eigenvalue weighted by Crippen LogP contribution is -2.19. The number of benzene rings is 1. The van der Waals surface area contributed by atoms with Gasteiger partial charge in [0.05, 0.1) is 5.69 Å². The number of nitrogens with one attached hydrogen (secondary N) is 1. The molecule has 0 spiro atoms. The van der Waals surface area contributed by atoms with Crippen LogP contribution in [-0.4, -0.2) is 4.98 Å². The van der Waals surface area contributed by atoms with Gasteiger partial charge in [-0.05, 0) is 37.1 Å². The van der Waals surface area contributed by atoms with E-state index in [4.69, 9.17) is 0 Å². The average Bonchev–Trinajstić information content (AvgIpc) is 2.38. The zero-order chi connectivity index (χ0) is 13.0. The molecule has 1 N–H and O–H groups in total. The molecule has 0 unspecified atom stereocenters. The molecular weight excluding hydrogens is 288 g/mol. The van der Waals surface area contributed by atoms with Gasteiger partial charge >= 0.3 is 0 Å². The Hall–Kier alpha value is -1.19. The molecule has 0 aliphatic rings. The van der Waals surface area contributed by atoms with Gasteiger partial charge in [-0.1, -0.05) is 40.2 Å². The fourth-order valence-electron chi connectivity index (χ4n) is 1.80. The molecule has 0 aliphatic carbocycles. The van der Waals surface area contributed by atoms with E-state index in [1.54, 1.807) is 0 Å². The molecule has 1 aromatic carbocycles. The molecule has 0 fully saturated rings. The molecular formula is C15H17BrN2. The number of nitrogens with zero attached hydrogens (tertiary/aromatic N) is 1. The maximum Gasteiger partial charge on any atom is 0.0542 e. The first-order valence-electron chi connectivity index (χ1n) is 6.06. The molecule has 1 heterocycles. The van der Waals surface area contributed by atoms with Gasteiger partial charge in [0.1, 0.15) is 0 Å². The van der Waals surface area contributed by atoms with Crippen molar-refractivity contribution in [3.8, 4) is 0 Å². The Morgan fingerprint density at radius 2 is 2.00 bits per heavy atom. The predicted molar refractivity (Wildman–Crippen MR) is 78.4 cm³/mol. The molecule has 2 nitrogen and oxygen atoms in total. The highest BCUT2D eigenvalue weighted by Gasteiger charge is 2.08. The van der Waals surface area contributed by atoms with Crippen molar-refractivity contribution in [2.75, 3.05) is 0 Å². The third-order valence-corrected chi connectivity index (χ3v) is 3.66. The quantitative estimate of drug-likeness (QED) is 0.923. The Balaban J connectivity index is 1.98. The SMILES string of the molecule is Cc1ccc(CN[C@@H](C)c2ccccc2Br)nc1. The number of rotatable bonds is 4. The predicted octanol–water partition coefficient (Wildman–Crippen LogP) is 4.00. The Bertz CT molecular complexity index is 508. The van der Waals surface area contributed by atoms with Crippen molar-refractivity contribution in [3.63, 3.8) is 0 Å². The van der Waals surface area contributed by atoms with E-state index in [2.05, 4.69) is 63.5 Å². The first-order valence-corrected chi connectivity index (χ1v) is 6.85. The van der Waals surface area contributed by atoms with Crippen LogP contribution in [0.2, 0.25) is 0 Å².